The minimum absolute atomic E-state index is 0.0929. The Kier molecular flexibility index (Phi) is 6.02. The minimum atomic E-state index is -0.462. The predicted octanol–water partition coefficient (Wildman–Crippen LogP) is 1.65. The van der Waals surface area contributed by atoms with Crippen LogP contribution in [-0.2, 0) is 9.53 Å². The third-order valence-corrected chi connectivity index (χ3v) is 3.22. The summed E-state index contributed by atoms with van der Waals surface area (Å²) in [5.74, 6) is 0.384. The first-order valence-electron chi connectivity index (χ1n) is 6.57. The largest absolute Gasteiger partial charge is 0.496 e. The monoisotopic (exact) mass is 295 g/mol. The van der Waals surface area contributed by atoms with Crippen LogP contribution in [0.4, 0.5) is 0 Å². The van der Waals surface area contributed by atoms with Crippen LogP contribution >= 0.6 is 0 Å². The molecule has 6 heteroatoms. The second-order valence-corrected chi connectivity index (χ2v) is 4.40. The summed E-state index contributed by atoms with van der Waals surface area (Å²) in [6.07, 6.45) is 0. The molecule has 0 heterocycles. The maximum absolute atomic E-state index is 12.5. The number of hydrogen-bond donors (Lipinski definition) is 0. The summed E-state index contributed by atoms with van der Waals surface area (Å²) in [5.41, 5.74) is 1.22. The molecule has 0 aromatic heterocycles. The Morgan fingerprint density at radius 3 is 2.00 bits per heavy atom. The second kappa shape index (κ2) is 7.52. The highest BCUT2D eigenvalue weighted by Gasteiger charge is 2.20. The van der Waals surface area contributed by atoms with Gasteiger partial charge in [-0.25, -0.2) is 0 Å². The zero-order chi connectivity index (χ0) is 16.0. The molecule has 0 saturated carbocycles. The van der Waals surface area contributed by atoms with Crippen LogP contribution < -0.4 is 9.47 Å². The lowest BCUT2D eigenvalue weighted by molar-refractivity contribution is -0.141. The summed E-state index contributed by atoms with van der Waals surface area (Å²) in [5, 5.41) is 0. The maximum Gasteiger partial charge on any atom is 0.325 e. The molecule has 21 heavy (non-hydrogen) atoms. The van der Waals surface area contributed by atoms with Crippen molar-refractivity contribution in [3.63, 3.8) is 0 Å². The van der Waals surface area contributed by atoms with Gasteiger partial charge >= 0.3 is 5.97 Å². The number of methoxy groups -OCH3 is 3. The van der Waals surface area contributed by atoms with Gasteiger partial charge in [0.15, 0.2) is 0 Å². The lowest BCUT2D eigenvalue weighted by atomic mass is 10.1. The summed E-state index contributed by atoms with van der Waals surface area (Å²) in [6, 6.07) is 3.28. The van der Waals surface area contributed by atoms with Crippen LogP contribution in [0.5, 0.6) is 11.5 Å². The average molecular weight is 295 g/mol. The first kappa shape index (κ1) is 16.8. The molecule has 0 N–H and O–H groups in total. The van der Waals surface area contributed by atoms with E-state index in [1.54, 1.807) is 19.1 Å². The highest BCUT2D eigenvalue weighted by atomic mass is 16.5. The highest BCUT2D eigenvalue weighted by molar-refractivity contribution is 5.97. The molecule has 1 amide bonds. The normalized spacial score (nSPS) is 9.95. The van der Waals surface area contributed by atoms with E-state index >= 15 is 0 Å². The number of nitrogens with zero attached hydrogens (tertiary/aromatic N) is 1. The molecule has 0 radical (unpaired) electrons. The van der Waals surface area contributed by atoms with Crippen molar-refractivity contribution >= 4 is 11.9 Å². The molecule has 0 fully saturated rings. The fourth-order valence-electron chi connectivity index (χ4n) is 1.94. The second-order valence-electron chi connectivity index (χ2n) is 4.40. The van der Waals surface area contributed by atoms with E-state index in [0.717, 1.165) is 5.56 Å². The van der Waals surface area contributed by atoms with E-state index in [1.807, 2.05) is 6.92 Å². The van der Waals surface area contributed by atoms with Gasteiger partial charge < -0.3 is 19.1 Å². The van der Waals surface area contributed by atoms with Gasteiger partial charge in [0.1, 0.15) is 18.0 Å². The maximum atomic E-state index is 12.5. The van der Waals surface area contributed by atoms with Crippen molar-refractivity contribution in [3.05, 3.63) is 23.3 Å². The van der Waals surface area contributed by atoms with E-state index in [1.165, 1.54) is 26.2 Å². The molecular weight excluding hydrogens is 274 g/mol. The molecule has 1 aromatic rings. The molecule has 0 spiro atoms. The Labute approximate surface area is 124 Å². The zero-order valence-corrected chi connectivity index (χ0v) is 13.1. The zero-order valence-electron chi connectivity index (χ0n) is 13.1. The van der Waals surface area contributed by atoms with E-state index in [-0.39, 0.29) is 12.5 Å². The van der Waals surface area contributed by atoms with Crippen LogP contribution in [0.25, 0.3) is 0 Å². The molecule has 0 unspecified atom stereocenters. The smallest absolute Gasteiger partial charge is 0.325 e. The number of amides is 1. The minimum Gasteiger partial charge on any atom is -0.496 e. The van der Waals surface area contributed by atoms with Crippen LogP contribution in [0.2, 0.25) is 0 Å². The van der Waals surface area contributed by atoms with Crippen molar-refractivity contribution < 1.29 is 23.8 Å². The summed E-state index contributed by atoms with van der Waals surface area (Å²) in [7, 11) is 4.35. The highest BCUT2D eigenvalue weighted by Crippen LogP contribution is 2.29. The first-order chi connectivity index (χ1) is 9.98. The Balaban J connectivity index is 3.13. The van der Waals surface area contributed by atoms with Gasteiger partial charge in [-0.2, -0.15) is 0 Å². The Hall–Kier alpha value is -2.24. The Bertz CT molecular complexity index is 502. The standard InChI is InChI=1S/C15H21NO5/c1-6-16(9-14(17)21-5)15(18)11-7-12(19-3)10(2)13(8-11)20-4/h7-8H,6,9H2,1-5H3. The number of hydrogen-bond acceptors (Lipinski definition) is 5. The molecule has 116 valence electrons. The van der Waals surface area contributed by atoms with Crippen molar-refractivity contribution in [1.29, 1.82) is 0 Å². The third kappa shape index (κ3) is 3.87. The van der Waals surface area contributed by atoms with E-state index in [9.17, 15) is 9.59 Å². The van der Waals surface area contributed by atoms with Crippen LogP contribution in [0.1, 0.15) is 22.8 Å². The average Bonchev–Trinajstić information content (AvgIpc) is 2.51. The number of esters is 1. The van der Waals surface area contributed by atoms with E-state index in [4.69, 9.17) is 9.47 Å². The molecule has 0 saturated heterocycles. The fraction of sp³-hybridized carbons (Fsp3) is 0.467. The SMILES string of the molecule is CCN(CC(=O)OC)C(=O)c1cc(OC)c(C)c(OC)c1. The van der Waals surface area contributed by atoms with Crippen LogP contribution in [0.3, 0.4) is 0 Å². The Morgan fingerprint density at radius 2 is 1.62 bits per heavy atom. The van der Waals surface area contributed by atoms with Crippen molar-refractivity contribution in [2.75, 3.05) is 34.4 Å². The van der Waals surface area contributed by atoms with Crippen molar-refractivity contribution in [1.82, 2.24) is 4.90 Å². The van der Waals surface area contributed by atoms with Gasteiger partial charge in [0.2, 0.25) is 0 Å². The van der Waals surface area contributed by atoms with E-state index in [0.29, 0.717) is 23.6 Å². The van der Waals surface area contributed by atoms with Gasteiger partial charge in [0, 0.05) is 17.7 Å². The molecule has 0 atom stereocenters. The number of benzene rings is 1. The molecule has 0 aliphatic heterocycles. The fourth-order valence-corrected chi connectivity index (χ4v) is 1.94. The first-order valence-corrected chi connectivity index (χ1v) is 6.57. The quantitative estimate of drug-likeness (QED) is 0.747. The molecule has 6 nitrogen and oxygen atoms in total. The number of carbonyl (C=O) groups is 2. The van der Waals surface area contributed by atoms with Crippen LogP contribution in [0.15, 0.2) is 12.1 Å². The van der Waals surface area contributed by atoms with Gasteiger partial charge in [-0.05, 0) is 26.0 Å². The summed E-state index contributed by atoms with van der Waals surface area (Å²) < 4.78 is 15.1. The lowest BCUT2D eigenvalue weighted by Gasteiger charge is -2.20. The number of carbonyl (C=O) groups excluding carboxylic acids is 2. The van der Waals surface area contributed by atoms with Crippen molar-refractivity contribution in [3.8, 4) is 11.5 Å². The van der Waals surface area contributed by atoms with Gasteiger partial charge in [-0.15, -0.1) is 0 Å². The number of likely N-dealkylation sites (N-methyl/N-ethyl adjacent to an activating group) is 1. The molecule has 1 aromatic carbocycles. The van der Waals surface area contributed by atoms with Crippen LogP contribution in [0, 0.1) is 6.92 Å². The molecule has 0 aliphatic rings. The summed E-state index contributed by atoms with van der Waals surface area (Å²) >= 11 is 0. The van der Waals surface area contributed by atoms with Gasteiger partial charge in [0.25, 0.3) is 5.91 Å². The van der Waals surface area contributed by atoms with Crippen molar-refractivity contribution in [2.24, 2.45) is 0 Å². The summed E-state index contributed by atoms with van der Waals surface area (Å²) in [4.78, 5) is 25.2. The molecule has 1 rings (SSSR count). The van der Waals surface area contributed by atoms with Gasteiger partial charge in [-0.3, -0.25) is 9.59 Å². The number of rotatable bonds is 6. The lowest BCUT2D eigenvalue weighted by Crippen LogP contribution is -2.36. The van der Waals surface area contributed by atoms with Crippen molar-refractivity contribution in [2.45, 2.75) is 13.8 Å². The molecule has 0 aliphatic carbocycles. The summed E-state index contributed by atoms with van der Waals surface area (Å²) in [6.45, 7) is 3.94. The third-order valence-electron chi connectivity index (χ3n) is 3.22. The van der Waals surface area contributed by atoms with E-state index in [2.05, 4.69) is 4.74 Å². The van der Waals surface area contributed by atoms with E-state index < -0.39 is 5.97 Å². The van der Waals surface area contributed by atoms with Gasteiger partial charge in [0.05, 0.1) is 21.3 Å². The Morgan fingerprint density at radius 1 is 1.10 bits per heavy atom. The van der Waals surface area contributed by atoms with Crippen LogP contribution in [-0.4, -0.2) is 51.2 Å². The number of ether oxygens (including phenoxy) is 3. The topological polar surface area (TPSA) is 65.1 Å². The predicted molar refractivity (Wildman–Crippen MR) is 77.9 cm³/mol. The van der Waals surface area contributed by atoms with Gasteiger partial charge in [-0.1, -0.05) is 0 Å². The molecular formula is C15H21NO5. The molecule has 0 bridgehead atoms.